The first kappa shape index (κ1) is 21.4. The van der Waals surface area contributed by atoms with Crippen LogP contribution >= 0.6 is 0 Å². The maximum absolute atomic E-state index is 14.6. The molecule has 0 saturated carbocycles. The average Bonchev–Trinajstić information content (AvgIpc) is 3.03. The van der Waals surface area contributed by atoms with Crippen LogP contribution in [-0.2, 0) is 0 Å². The van der Waals surface area contributed by atoms with E-state index in [1.54, 1.807) is 30.3 Å². The van der Waals surface area contributed by atoms with Gasteiger partial charge < -0.3 is 5.32 Å². The molecule has 0 bridgehead atoms. The molecule has 0 saturated heterocycles. The highest BCUT2D eigenvalue weighted by molar-refractivity contribution is 6.22. The highest BCUT2D eigenvalue weighted by Crippen LogP contribution is 2.32. The summed E-state index contributed by atoms with van der Waals surface area (Å²) in [6, 6.07) is 14.6. The lowest BCUT2D eigenvalue weighted by molar-refractivity contribution is 0.0652. The summed E-state index contributed by atoms with van der Waals surface area (Å²) in [5.41, 5.74) is 1.01. The zero-order valence-corrected chi connectivity index (χ0v) is 17.3. The molecule has 1 aliphatic heterocycles. The number of rotatable bonds is 6. The van der Waals surface area contributed by atoms with Gasteiger partial charge in [-0.2, -0.15) is 0 Å². The van der Waals surface area contributed by atoms with Crippen LogP contribution in [-0.4, -0.2) is 29.2 Å². The molecular formula is C25H20F2N2O3. The number of anilines is 1. The quantitative estimate of drug-likeness (QED) is 0.537. The van der Waals surface area contributed by atoms with Gasteiger partial charge in [0.2, 0.25) is 0 Å². The van der Waals surface area contributed by atoms with Crippen LogP contribution in [0.2, 0.25) is 0 Å². The van der Waals surface area contributed by atoms with Gasteiger partial charge in [-0.25, -0.2) is 8.78 Å². The largest absolute Gasteiger partial charge is 0.319 e. The maximum atomic E-state index is 14.6. The summed E-state index contributed by atoms with van der Waals surface area (Å²) in [5, 5.41) is 2.49. The topological polar surface area (TPSA) is 66.5 Å². The lowest BCUT2D eigenvalue weighted by Crippen LogP contribution is -2.30. The Morgan fingerprint density at radius 1 is 0.906 bits per heavy atom. The van der Waals surface area contributed by atoms with Gasteiger partial charge in [0, 0.05) is 23.7 Å². The van der Waals surface area contributed by atoms with Gasteiger partial charge in [-0.05, 0) is 36.2 Å². The Bertz CT molecular complexity index is 1230. The number of nitrogens with one attached hydrogen (secondary N) is 1. The van der Waals surface area contributed by atoms with Crippen molar-refractivity contribution >= 4 is 23.4 Å². The molecule has 4 rings (SSSR count). The van der Waals surface area contributed by atoms with Crippen LogP contribution in [0.25, 0.3) is 11.1 Å². The van der Waals surface area contributed by atoms with Crippen molar-refractivity contribution in [3.05, 3.63) is 89.0 Å². The van der Waals surface area contributed by atoms with Crippen molar-refractivity contribution in [3.63, 3.8) is 0 Å². The monoisotopic (exact) mass is 434 g/mol. The van der Waals surface area contributed by atoms with Crippen LogP contribution in [0.4, 0.5) is 14.5 Å². The minimum Gasteiger partial charge on any atom is -0.319 e. The van der Waals surface area contributed by atoms with E-state index >= 15 is 0 Å². The van der Waals surface area contributed by atoms with Crippen LogP contribution in [0, 0.1) is 11.6 Å². The Kier molecular flexibility index (Phi) is 5.81. The second-order valence-corrected chi connectivity index (χ2v) is 7.51. The summed E-state index contributed by atoms with van der Waals surface area (Å²) in [6.07, 6.45) is 1.51. The third-order valence-electron chi connectivity index (χ3n) is 5.35. The molecule has 1 heterocycles. The summed E-state index contributed by atoms with van der Waals surface area (Å²) in [6.45, 7) is 2.27. The first-order valence-corrected chi connectivity index (χ1v) is 10.3. The molecule has 0 aromatic heterocycles. The number of halogens is 2. The van der Waals surface area contributed by atoms with Crippen LogP contribution < -0.4 is 5.32 Å². The molecule has 0 aliphatic carbocycles. The van der Waals surface area contributed by atoms with E-state index in [1.807, 2.05) is 6.92 Å². The van der Waals surface area contributed by atoms with Crippen molar-refractivity contribution in [2.45, 2.75) is 19.8 Å². The molecule has 0 radical (unpaired) electrons. The zero-order valence-electron chi connectivity index (χ0n) is 17.3. The summed E-state index contributed by atoms with van der Waals surface area (Å²) < 4.78 is 28.5. The molecule has 0 fully saturated rings. The van der Waals surface area contributed by atoms with E-state index in [9.17, 15) is 23.2 Å². The van der Waals surface area contributed by atoms with Gasteiger partial charge in [0.25, 0.3) is 17.7 Å². The Labute approximate surface area is 183 Å². The molecule has 3 aromatic carbocycles. The molecule has 162 valence electrons. The van der Waals surface area contributed by atoms with Crippen molar-refractivity contribution in [2.24, 2.45) is 0 Å². The Hall–Kier alpha value is -3.87. The molecular weight excluding hydrogens is 414 g/mol. The van der Waals surface area contributed by atoms with Crippen molar-refractivity contribution in [1.29, 1.82) is 0 Å². The minimum atomic E-state index is -0.921. The first-order valence-electron chi connectivity index (χ1n) is 10.3. The molecule has 3 aromatic rings. The number of hydrogen-bond donors (Lipinski definition) is 1. The van der Waals surface area contributed by atoms with Crippen molar-refractivity contribution in [1.82, 2.24) is 4.90 Å². The normalized spacial score (nSPS) is 12.8. The Balaban J connectivity index is 1.65. The molecule has 3 amide bonds. The van der Waals surface area contributed by atoms with Gasteiger partial charge in [0.05, 0.1) is 16.8 Å². The third kappa shape index (κ3) is 3.89. The summed E-state index contributed by atoms with van der Waals surface area (Å²) in [7, 11) is 0. The standard InChI is InChI=1S/C25H20F2N2O3/c1-2-3-11-29-24(31)18-10-9-16(12-20(18)25(29)32)23(30)28-22-19(13-17(26)14-21(22)27)15-7-5-4-6-8-15/h4-10,12-14H,2-3,11H2,1H3,(H,28,30). The van der Waals surface area contributed by atoms with E-state index in [4.69, 9.17) is 0 Å². The fraction of sp³-hybridized carbons (Fsp3) is 0.160. The predicted molar refractivity (Wildman–Crippen MR) is 116 cm³/mol. The van der Waals surface area contributed by atoms with Crippen molar-refractivity contribution in [2.75, 3.05) is 11.9 Å². The third-order valence-corrected chi connectivity index (χ3v) is 5.35. The number of amides is 3. The summed E-state index contributed by atoms with van der Waals surface area (Å²) >= 11 is 0. The Morgan fingerprint density at radius 2 is 1.62 bits per heavy atom. The number of fused-ring (bicyclic) bond motifs is 1. The number of hydrogen-bond acceptors (Lipinski definition) is 3. The van der Waals surface area contributed by atoms with Gasteiger partial charge in [0.15, 0.2) is 0 Å². The lowest BCUT2D eigenvalue weighted by atomic mass is 10.0. The molecule has 1 aliphatic rings. The number of benzene rings is 3. The van der Waals surface area contributed by atoms with E-state index < -0.39 is 23.4 Å². The van der Waals surface area contributed by atoms with Gasteiger partial charge >= 0.3 is 0 Å². The first-order chi connectivity index (χ1) is 15.4. The van der Waals surface area contributed by atoms with Crippen LogP contribution in [0.1, 0.15) is 50.8 Å². The molecule has 0 atom stereocenters. The number of imide groups is 1. The fourth-order valence-corrected chi connectivity index (χ4v) is 3.68. The summed E-state index contributed by atoms with van der Waals surface area (Å²) in [4.78, 5) is 39.2. The number of unbranched alkanes of at least 4 members (excludes halogenated alkanes) is 1. The van der Waals surface area contributed by atoms with E-state index in [-0.39, 0.29) is 33.8 Å². The zero-order chi connectivity index (χ0) is 22.8. The smallest absolute Gasteiger partial charge is 0.261 e. The molecule has 0 unspecified atom stereocenters. The highest BCUT2D eigenvalue weighted by Gasteiger charge is 2.35. The van der Waals surface area contributed by atoms with E-state index in [1.165, 1.54) is 23.1 Å². The van der Waals surface area contributed by atoms with E-state index in [0.29, 0.717) is 24.6 Å². The number of carbonyl (C=O) groups is 3. The second kappa shape index (κ2) is 8.70. The van der Waals surface area contributed by atoms with Gasteiger partial charge in [-0.15, -0.1) is 0 Å². The minimum absolute atomic E-state index is 0.0879. The van der Waals surface area contributed by atoms with E-state index in [2.05, 4.69) is 5.32 Å². The molecule has 7 heteroatoms. The molecule has 5 nitrogen and oxygen atoms in total. The molecule has 1 N–H and O–H groups in total. The average molecular weight is 434 g/mol. The highest BCUT2D eigenvalue weighted by atomic mass is 19.1. The Morgan fingerprint density at radius 3 is 2.34 bits per heavy atom. The number of nitrogens with zero attached hydrogens (tertiary/aromatic N) is 1. The SMILES string of the molecule is CCCCN1C(=O)c2ccc(C(=O)Nc3c(F)cc(F)cc3-c3ccccc3)cc2C1=O. The number of carbonyl (C=O) groups excluding carboxylic acids is 3. The van der Waals surface area contributed by atoms with Gasteiger partial charge in [-0.1, -0.05) is 43.7 Å². The van der Waals surface area contributed by atoms with Crippen LogP contribution in [0.15, 0.2) is 60.7 Å². The van der Waals surface area contributed by atoms with Gasteiger partial charge in [0.1, 0.15) is 11.6 Å². The molecule has 0 spiro atoms. The van der Waals surface area contributed by atoms with Crippen molar-refractivity contribution < 1.29 is 23.2 Å². The fourth-order valence-electron chi connectivity index (χ4n) is 3.68. The van der Waals surface area contributed by atoms with Crippen LogP contribution in [0.5, 0.6) is 0 Å². The summed E-state index contributed by atoms with van der Waals surface area (Å²) in [5.74, 6) is -3.21. The predicted octanol–water partition coefficient (Wildman–Crippen LogP) is 5.28. The van der Waals surface area contributed by atoms with Crippen LogP contribution in [0.3, 0.4) is 0 Å². The van der Waals surface area contributed by atoms with E-state index in [0.717, 1.165) is 12.5 Å². The lowest BCUT2D eigenvalue weighted by Gasteiger charge is -2.13. The van der Waals surface area contributed by atoms with Gasteiger partial charge in [-0.3, -0.25) is 19.3 Å². The molecule has 32 heavy (non-hydrogen) atoms. The second-order valence-electron chi connectivity index (χ2n) is 7.51. The maximum Gasteiger partial charge on any atom is 0.261 e. The van der Waals surface area contributed by atoms with Crippen molar-refractivity contribution in [3.8, 4) is 11.1 Å².